The Morgan fingerprint density at radius 1 is 1.29 bits per heavy atom. The average molecular weight is 464 g/mol. The van der Waals surface area contributed by atoms with Crippen molar-refractivity contribution in [3.63, 3.8) is 0 Å². The number of hydrogen-bond acceptors (Lipinski definition) is 4. The predicted octanol–water partition coefficient (Wildman–Crippen LogP) is 4.34. The number of fused-ring (bicyclic) bond motifs is 3. The van der Waals surface area contributed by atoms with Gasteiger partial charge < -0.3 is 4.98 Å². The summed E-state index contributed by atoms with van der Waals surface area (Å²) < 4.78 is 40.9. The van der Waals surface area contributed by atoms with Crippen molar-refractivity contribution in [2.24, 2.45) is 22.9 Å². The molecule has 1 saturated carbocycles. The van der Waals surface area contributed by atoms with Crippen LogP contribution in [-0.2, 0) is 10.0 Å². The summed E-state index contributed by atoms with van der Waals surface area (Å²) in [6.07, 6.45) is 9.11. The molecule has 1 unspecified atom stereocenters. The molecule has 3 aromatic rings. The molecule has 2 aliphatic carbocycles. The minimum Gasteiger partial charge on any atom is -0.345 e. The lowest BCUT2D eigenvalue weighted by Crippen LogP contribution is -2.24. The third kappa shape index (κ3) is 3.39. The summed E-state index contributed by atoms with van der Waals surface area (Å²) in [6, 6.07) is 1.97. The number of rotatable bonds is 4. The van der Waals surface area contributed by atoms with E-state index in [4.69, 9.17) is 16.7 Å². The number of nitrogens with one attached hydrogen (secondary N) is 1. The topological polar surface area (TPSA) is 106 Å². The molecule has 0 bridgehead atoms. The first-order valence-corrected chi connectivity index (χ1v) is 12.3. The Balaban J connectivity index is 1.52. The quantitative estimate of drug-likeness (QED) is 0.600. The molecule has 10 heteroatoms. The van der Waals surface area contributed by atoms with Crippen LogP contribution >= 0.6 is 11.6 Å². The van der Waals surface area contributed by atoms with Crippen molar-refractivity contribution >= 4 is 38.4 Å². The van der Waals surface area contributed by atoms with Gasteiger partial charge in [-0.05, 0) is 43.2 Å². The van der Waals surface area contributed by atoms with E-state index >= 15 is 4.39 Å². The molecule has 3 heterocycles. The summed E-state index contributed by atoms with van der Waals surface area (Å²) in [4.78, 5) is 12.1. The maximum atomic E-state index is 15.0. The number of H-pyrrole nitrogens is 1. The molecule has 0 amide bonds. The number of imidazole rings is 1. The van der Waals surface area contributed by atoms with E-state index in [2.05, 4.69) is 26.3 Å². The number of nitrogens with two attached hydrogens (primary N) is 1. The average Bonchev–Trinajstić information content (AvgIpc) is 3.45. The molecule has 5 rings (SSSR count). The van der Waals surface area contributed by atoms with Gasteiger partial charge in [-0.3, -0.25) is 4.40 Å². The van der Waals surface area contributed by atoms with Crippen LogP contribution in [0.5, 0.6) is 0 Å². The Morgan fingerprint density at radius 3 is 2.84 bits per heavy atom. The minimum atomic E-state index is -3.92. The molecule has 7 nitrogen and oxygen atoms in total. The van der Waals surface area contributed by atoms with Crippen LogP contribution in [0.4, 0.5) is 4.39 Å². The van der Waals surface area contributed by atoms with Gasteiger partial charge in [0, 0.05) is 29.9 Å². The molecular weight excluding hydrogens is 441 g/mol. The molecule has 164 valence electrons. The lowest BCUT2D eigenvalue weighted by molar-refractivity contribution is 0.315. The fourth-order valence-electron chi connectivity index (χ4n) is 5.39. The second-order valence-electron chi connectivity index (χ2n) is 8.51. The van der Waals surface area contributed by atoms with Gasteiger partial charge >= 0.3 is 0 Å². The van der Waals surface area contributed by atoms with Crippen LogP contribution < -0.4 is 5.14 Å². The van der Waals surface area contributed by atoms with Crippen LogP contribution in [0.1, 0.15) is 44.2 Å². The third-order valence-electron chi connectivity index (χ3n) is 6.90. The van der Waals surface area contributed by atoms with Crippen molar-refractivity contribution in [3.05, 3.63) is 52.2 Å². The van der Waals surface area contributed by atoms with Gasteiger partial charge in [-0.2, -0.15) is 0 Å². The summed E-state index contributed by atoms with van der Waals surface area (Å²) in [5.41, 5.74) is 3.58. The highest BCUT2D eigenvalue weighted by atomic mass is 35.5. The molecule has 0 spiro atoms. The van der Waals surface area contributed by atoms with Gasteiger partial charge in [-0.25, -0.2) is 27.9 Å². The van der Waals surface area contributed by atoms with Gasteiger partial charge in [0.05, 0.1) is 21.7 Å². The molecule has 0 aromatic carbocycles. The molecule has 0 aliphatic heterocycles. The molecule has 1 fully saturated rings. The van der Waals surface area contributed by atoms with E-state index in [9.17, 15) is 8.42 Å². The van der Waals surface area contributed by atoms with Crippen molar-refractivity contribution in [1.29, 1.82) is 0 Å². The second-order valence-corrected chi connectivity index (χ2v) is 10.5. The molecule has 0 radical (unpaired) electrons. The van der Waals surface area contributed by atoms with E-state index in [0.717, 1.165) is 47.8 Å². The van der Waals surface area contributed by atoms with Crippen molar-refractivity contribution in [3.8, 4) is 0 Å². The van der Waals surface area contributed by atoms with Gasteiger partial charge in [-0.1, -0.05) is 24.9 Å². The lowest BCUT2D eigenvalue weighted by atomic mass is 9.83. The molecule has 31 heavy (non-hydrogen) atoms. The summed E-state index contributed by atoms with van der Waals surface area (Å²) in [5, 5.41) is 5.16. The largest absolute Gasteiger partial charge is 0.345 e. The number of hydrogen-bond donors (Lipinski definition) is 2. The van der Waals surface area contributed by atoms with Gasteiger partial charge in [0.1, 0.15) is 5.83 Å². The van der Waals surface area contributed by atoms with Gasteiger partial charge in [0.2, 0.25) is 10.0 Å². The lowest BCUT2D eigenvalue weighted by Gasteiger charge is -2.26. The summed E-state index contributed by atoms with van der Waals surface area (Å²) in [6.45, 7) is 2.13. The van der Waals surface area contributed by atoms with E-state index in [1.54, 1.807) is 6.20 Å². The zero-order valence-corrected chi connectivity index (χ0v) is 18.5. The molecule has 0 saturated heterocycles. The number of halogens is 2. The molecule has 2 aliphatic rings. The standard InChI is InChI=1S/C21H23ClFN5O2S/c1-2-11-5-12(15-7-13(31(24,29)30)8-16(22)20(15)23)6-14(11)18-9-26-19-10-27-21-17(28(18)19)3-4-25-21/h3-4,8-12,14-15,25H,2,5-7H2,1H3,(H2,24,29,30)/t11-,12+,14+,15?/m1/s1. The number of sulfonamides is 1. The maximum absolute atomic E-state index is 15.0. The summed E-state index contributed by atoms with van der Waals surface area (Å²) in [7, 11) is -3.92. The van der Waals surface area contributed by atoms with Crippen LogP contribution in [0.2, 0.25) is 0 Å². The second kappa shape index (κ2) is 7.43. The number of nitrogens with zero attached hydrogens (tertiary/aromatic N) is 3. The Morgan fingerprint density at radius 2 is 2.10 bits per heavy atom. The molecule has 3 aromatic heterocycles. The monoisotopic (exact) mass is 463 g/mol. The first kappa shape index (κ1) is 20.7. The first-order valence-electron chi connectivity index (χ1n) is 10.4. The molecule has 4 atom stereocenters. The van der Waals surface area contributed by atoms with Crippen LogP contribution in [0.25, 0.3) is 16.8 Å². The van der Waals surface area contributed by atoms with Crippen molar-refractivity contribution < 1.29 is 12.8 Å². The van der Waals surface area contributed by atoms with Crippen molar-refractivity contribution in [1.82, 2.24) is 19.4 Å². The van der Waals surface area contributed by atoms with Crippen molar-refractivity contribution in [2.45, 2.75) is 38.5 Å². The Bertz CT molecular complexity index is 1340. The Kier molecular flexibility index (Phi) is 4.95. The number of primary sulfonamides is 1. The first-order chi connectivity index (χ1) is 14.8. The van der Waals surface area contributed by atoms with Gasteiger partial charge in [0.25, 0.3) is 0 Å². The highest BCUT2D eigenvalue weighted by Gasteiger charge is 2.43. The van der Waals surface area contributed by atoms with Crippen LogP contribution in [0.3, 0.4) is 0 Å². The number of aromatic amines is 1. The zero-order chi connectivity index (χ0) is 21.9. The van der Waals surface area contributed by atoms with E-state index in [1.807, 2.05) is 18.5 Å². The highest BCUT2D eigenvalue weighted by Crippen LogP contribution is 2.52. The highest BCUT2D eigenvalue weighted by molar-refractivity contribution is 7.93. The van der Waals surface area contributed by atoms with Gasteiger partial charge in [-0.15, -0.1) is 0 Å². The maximum Gasteiger partial charge on any atom is 0.234 e. The molecular formula is C21H23ClFN5O2S. The fraction of sp³-hybridized carbons (Fsp3) is 0.429. The van der Waals surface area contributed by atoms with Crippen LogP contribution in [0.15, 0.2) is 46.5 Å². The van der Waals surface area contributed by atoms with Crippen LogP contribution in [0, 0.1) is 17.8 Å². The zero-order valence-electron chi connectivity index (χ0n) is 16.9. The predicted molar refractivity (Wildman–Crippen MR) is 117 cm³/mol. The Hall–Kier alpha value is -2.23. The van der Waals surface area contributed by atoms with Crippen molar-refractivity contribution in [2.75, 3.05) is 0 Å². The smallest absolute Gasteiger partial charge is 0.234 e. The Labute approximate surface area is 184 Å². The molecule has 3 N–H and O–H groups in total. The summed E-state index contributed by atoms with van der Waals surface area (Å²) in [5.74, 6) is -0.574. The van der Waals surface area contributed by atoms with E-state index in [0.29, 0.717) is 5.92 Å². The van der Waals surface area contributed by atoms with Crippen LogP contribution in [-0.4, -0.2) is 27.8 Å². The van der Waals surface area contributed by atoms with Gasteiger partial charge in [0.15, 0.2) is 11.3 Å². The minimum absolute atomic E-state index is 0.00435. The summed E-state index contributed by atoms with van der Waals surface area (Å²) >= 11 is 6.06. The normalized spacial score (nSPS) is 27.4. The van der Waals surface area contributed by atoms with E-state index < -0.39 is 21.8 Å². The number of allylic oxidation sites excluding steroid dienone is 4. The van der Waals surface area contributed by atoms with E-state index in [-0.39, 0.29) is 28.2 Å². The fourth-order valence-corrected chi connectivity index (χ4v) is 6.42. The number of aromatic nitrogens is 4. The third-order valence-corrected chi connectivity index (χ3v) is 8.21. The SMILES string of the molecule is CC[C@@H]1C[C@H](C2CC(S(N)(=O)=O)=CC(Cl)=C2F)C[C@@H]1c1cnc2cnc3[nH]ccc3n12. The van der Waals surface area contributed by atoms with E-state index in [1.165, 1.54) is 0 Å².